The number of nitrogens with one attached hydrogen (secondary N) is 10. The Labute approximate surface area is 771 Å². The van der Waals surface area contributed by atoms with Gasteiger partial charge in [0.1, 0.15) is 54.3 Å². The normalized spacial score (nSPS) is 16.0. The van der Waals surface area contributed by atoms with Crippen molar-refractivity contribution in [3.8, 4) is 22.5 Å². The number of fused-ring (bicyclic) bond motifs is 1. The number of nitrogens with zero attached hydrogens (tertiary/aromatic N) is 6. The first-order valence-corrected chi connectivity index (χ1v) is 45.6. The Morgan fingerprint density at radius 3 is 2.02 bits per heavy atom. The number of piperidine rings is 1. The fourth-order valence-electron chi connectivity index (χ4n) is 16.6. The van der Waals surface area contributed by atoms with Gasteiger partial charge in [0.05, 0.1) is 66.2 Å². The highest BCUT2D eigenvalue weighted by Crippen LogP contribution is 2.44. The van der Waals surface area contributed by atoms with E-state index >= 15 is 4.39 Å². The van der Waals surface area contributed by atoms with E-state index in [1.165, 1.54) is 38.4 Å². The maximum absolute atomic E-state index is 15.1. The number of carbonyl (C=O) groups is 12. The van der Waals surface area contributed by atoms with Crippen LogP contribution in [0.25, 0.3) is 33.5 Å². The second-order valence-corrected chi connectivity index (χ2v) is 35.8. The van der Waals surface area contributed by atoms with Gasteiger partial charge < -0.3 is 104 Å². The second-order valence-electron chi connectivity index (χ2n) is 35.3. The number of amides is 13. The quantitative estimate of drug-likeness (QED) is 0.0159. The molecule has 2 saturated heterocycles. The first-order chi connectivity index (χ1) is 62.3. The number of hydrogen-bond acceptors (Lipinski definition) is 21. The van der Waals surface area contributed by atoms with Gasteiger partial charge in [0.15, 0.2) is 0 Å². The van der Waals surface area contributed by atoms with Crippen LogP contribution in [0.1, 0.15) is 176 Å². The number of methoxy groups -OCH3 is 1. The zero-order chi connectivity index (χ0) is 96.0. The number of anilines is 3. The lowest BCUT2D eigenvalue weighted by Crippen LogP contribution is -2.60. The number of primary amides is 2. The summed E-state index contributed by atoms with van der Waals surface area (Å²) >= 11 is 6.40. The van der Waals surface area contributed by atoms with Gasteiger partial charge in [-0.15, -0.1) is 0 Å². The molecule has 4 heterocycles. The number of aryl methyl sites for hydroxylation is 1. The Hall–Kier alpha value is -11.6. The number of H-pyrrole nitrogens is 1. The third-order valence-corrected chi connectivity index (χ3v) is 24.3. The number of urea groups is 1. The summed E-state index contributed by atoms with van der Waals surface area (Å²) in [6, 6.07) is 17.1. The van der Waals surface area contributed by atoms with Crippen molar-refractivity contribution in [2.75, 3.05) is 89.2 Å². The number of ether oxygens (including phenoxy) is 3. The van der Waals surface area contributed by atoms with Crippen molar-refractivity contribution in [3.05, 3.63) is 125 Å². The highest BCUT2D eigenvalue weighted by molar-refractivity contribution is 6.31. The number of carbonyl (C=O) groups excluding carboxylic acids is 12. The fourth-order valence-corrected chi connectivity index (χ4v) is 16.7. The molecule has 131 heavy (non-hydrogen) atoms. The number of halogens is 2. The molecule has 35 nitrogen and oxygen atoms in total. The predicted octanol–water partition coefficient (Wildman–Crippen LogP) is 8.38. The molecule has 2 aliphatic rings. The number of rotatable bonds is 49. The minimum absolute atomic E-state index is 0.0131. The molecule has 2 aromatic heterocycles. The van der Waals surface area contributed by atoms with E-state index in [1.54, 1.807) is 108 Å². The summed E-state index contributed by atoms with van der Waals surface area (Å²) in [4.78, 5) is 184. The molecule has 13 amide bonds. The molecule has 4 aromatic carbocycles. The number of aromatic nitrogens is 3. The van der Waals surface area contributed by atoms with Crippen molar-refractivity contribution < 1.29 is 81.2 Å². The van der Waals surface area contributed by atoms with E-state index in [1.807, 2.05) is 58.0 Å². The molecule has 37 heteroatoms. The molecule has 0 saturated carbocycles. The molecule has 2 fully saturated rings. The first kappa shape index (κ1) is 105. The van der Waals surface area contributed by atoms with Gasteiger partial charge in [0.2, 0.25) is 59.1 Å². The molecular weight excluding hydrogens is 1710 g/mol. The van der Waals surface area contributed by atoms with E-state index < -0.39 is 137 Å². The van der Waals surface area contributed by atoms with E-state index in [4.69, 9.17) is 53.0 Å². The molecule has 0 bridgehead atoms. The zero-order valence-electron chi connectivity index (χ0n) is 77.8. The number of likely N-dealkylation sites (N-methyl/N-ethyl adjacent to an activating group) is 2. The van der Waals surface area contributed by atoms with Gasteiger partial charge in [-0.25, -0.2) is 23.9 Å². The topological polar surface area (TPSA) is 494 Å². The summed E-state index contributed by atoms with van der Waals surface area (Å²) in [5, 5.41) is 36.8. The maximum atomic E-state index is 15.1. The molecule has 17 N–H and O–H groups in total. The standard InChI is InChI=1S/C94H135ClFN19O16/c1-15-57(9)82(73(129-14)50-77(119)115-40-20-23-67(115)47-58(10)87(121)104-59(11)84(120)61-21-17-16-18-22-61)112(12)92(126)80(54(4)5)111-91(125)81(55(6)7)113(13)94(128)131-52-60-25-28-66(29-26-60)105-88(122)70(24-19-37-102-93(99)127)109-90(124)79(53(2)3)110-89(123)71(31-32-74(98)116)106-76(118)36-44-130-43-35-75(117)100-38-39-101-85-78(86-107-69-30-27-63(95)49-72(69)108-86)83(114-41-33-65(97)34-42-114)68(51-103-85)62-45-56(8)46-64(96)48-62/h16-18,21-22,25-30,45-46,48-49,51,53-55,57-59,65,67,70-71,73,79-82,84,120H,15,19-20,23-24,31-44,47,50,52,97H2,1-14H3,(H2,98,116)(H,100,117)(H,101,103)(H,104,121)(H,105,122)(H,106,118)(H,107,108)(H,109,124)(H,110,123)(H,111,125)(H3,99,102,127)/t57-,58+,59+,67-,70-,71-,73+,79-,80-,81-,82-,84+/m0/s1. The van der Waals surface area contributed by atoms with Gasteiger partial charge in [-0.2, -0.15) is 0 Å². The molecule has 0 aliphatic carbocycles. The van der Waals surface area contributed by atoms with Crippen LogP contribution in [0.3, 0.4) is 0 Å². The van der Waals surface area contributed by atoms with Crippen LogP contribution in [-0.2, 0) is 68.8 Å². The van der Waals surface area contributed by atoms with Crippen molar-refractivity contribution >= 4 is 111 Å². The number of likely N-dealkylation sites (tertiary alicyclic amines) is 1. The predicted molar refractivity (Wildman–Crippen MR) is 499 cm³/mol. The van der Waals surface area contributed by atoms with Gasteiger partial charge in [-0.05, 0) is 154 Å². The third kappa shape index (κ3) is 30.8. The van der Waals surface area contributed by atoms with Crippen LogP contribution >= 0.6 is 11.6 Å². The molecule has 2 aliphatic heterocycles. The molecule has 0 unspecified atom stereocenters. The van der Waals surface area contributed by atoms with Crippen LogP contribution in [0.2, 0.25) is 5.02 Å². The van der Waals surface area contributed by atoms with Crippen LogP contribution in [0, 0.1) is 42.3 Å². The zero-order valence-corrected chi connectivity index (χ0v) is 78.5. The summed E-state index contributed by atoms with van der Waals surface area (Å²) in [6.45, 7) is 21.3. The van der Waals surface area contributed by atoms with Crippen molar-refractivity contribution in [3.63, 3.8) is 0 Å². The summed E-state index contributed by atoms with van der Waals surface area (Å²) in [5.74, 6) is -7.21. The van der Waals surface area contributed by atoms with Crippen LogP contribution in [0.15, 0.2) is 97.2 Å². The van der Waals surface area contributed by atoms with Gasteiger partial charge in [0, 0.05) is 120 Å². The molecule has 0 radical (unpaired) electrons. The van der Waals surface area contributed by atoms with Crippen molar-refractivity contribution in [1.82, 2.24) is 66.9 Å². The third-order valence-electron chi connectivity index (χ3n) is 24.1. The van der Waals surface area contributed by atoms with Crippen LogP contribution in [0.5, 0.6) is 0 Å². The van der Waals surface area contributed by atoms with Crippen LogP contribution < -0.4 is 70.0 Å². The average Bonchev–Trinajstić information content (AvgIpc) is 1.74. The number of aliphatic hydroxyl groups excluding tert-OH is 1. The van der Waals surface area contributed by atoms with Gasteiger partial charge >= 0.3 is 12.1 Å². The van der Waals surface area contributed by atoms with Crippen molar-refractivity contribution in [2.45, 2.75) is 233 Å². The van der Waals surface area contributed by atoms with Crippen LogP contribution in [-0.4, -0.2) is 240 Å². The maximum Gasteiger partial charge on any atom is 0.410 e. The fraction of sp³-hybridized carbons (Fsp3) is 0.553. The number of pyridine rings is 1. The van der Waals surface area contributed by atoms with E-state index in [9.17, 15) is 62.6 Å². The Morgan fingerprint density at radius 1 is 0.702 bits per heavy atom. The molecular formula is C94H135ClFN19O16. The van der Waals surface area contributed by atoms with E-state index in [-0.39, 0.29) is 126 Å². The highest BCUT2D eigenvalue weighted by atomic mass is 35.5. The summed E-state index contributed by atoms with van der Waals surface area (Å²) < 4.78 is 32.6. The summed E-state index contributed by atoms with van der Waals surface area (Å²) in [7, 11) is 4.55. The number of imidazole rings is 1. The van der Waals surface area contributed by atoms with Crippen molar-refractivity contribution in [2.24, 2.45) is 46.8 Å². The lowest BCUT2D eigenvalue weighted by atomic mass is 9.89. The van der Waals surface area contributed by atoms with Crippen LogP contribution in [0.4, 0.5) is 31.2 Å². The SMILES string of the molecule is CC[C@H](C)[C@@H]([C@@H](CC(=O)N1CCC[C@H]1C[C@@H](C)C(=O)N[C@H](C)[C@@H](O)c1ccccc1)OC)N(C)C(=O)[C@@H](NC(=O)[C@H](C(C)C)N(C)C(=O)OCc1ccc(NC(=O)[C@H](CCCNC(N)=O)NC(=O)[C@@H](NC(=O)[C@H](CCC(N)=O)NC(=O)CCOCCC(=O)NCCNc2ncc(-c3cc(C)cc(F)c3)c(N3CCC(N)CC3)c2-c2nc3ccc(Cl)cc3[nH]2)C(C)C)cc1)C(C)C. The largest absolute Gasteiger partial charge is 0.445 e. The van der Waals surface area contributed by atoms with E-state index in [2.05, 4.69) is 57.7 Å². The number of nitrogens with two attached hydrogens (primary N) is 3. The second kappa shape index (κ2) is 50.7. The van der Waals surface area contributed by atoms with Gasteiger partial charge in [0.25, 0.3) is 0 Å². The Bertz CT molecular complexity index is 4840. The summed E-state index contributed by atoms with van der Waals surface area (Å²) in [6.07, 6.45) is 2.20. The lowest BCUT2D eigenvalue weighted by molar-refractivity contribution is -0.146. The lowest BCUT2D eigenvalue weighted by Gasteiger charge is -2.40. The number of aliphatic hydroxyl groups is 1. The smallest absolute Gasteiger partial charge is 0.410 e. The monoisotopic (exact) mass is 1840 g/mol. The van der Waals surface area contributed by atoms with Gasteiger partial charge in [-0.3, -0.25) is 52.8 Å². The Morgan fingerprint density at radius 2 is 1.37 bits per heavy atom. The number of aromatic amines is 1. The molecule has 12 atom stereocenters. The Kier molecular flexibility index (Phi) is 40.5. The summed E-state index contributed by atoms with van der Waals surface area (Å²) in [5.41, 5.74) is 23.4. The Balaban J connectivity index is 0.811. The first-order valence-electron chi connectivity index (χ1n) is 45.3. The molecule has 6 aromatic rings. The molecule has 0 spiro atoms. The van der Waals surface area contributed by atoms with Gasteiger partial charge in [-0.1, -0.05) is 129 Å². The molecule has 8 rings (SSSR count). The van der Waals surface area contributed by atoms with Crippen molar-refractivity contribution in [1.29, 1.82) is 0 Å². The average molecular weight is 1840 g/mol. The number of hydrogen-bond donors (Lipinski definition) is 14. The minimum Gasteiger partial charge on any atom is -0.445 e. The highest BCUT2D eigenvalue weighted by Gasteiger charge is 2.43. The number of benzene rings is 4. The minimum atomic E-state index is -1.37. The van der Waals surface area contributed by atoms with E-state index in [0.29, 0.717) is 94.4 Å². The molecule has 716 valence electrons. The van der Waals surface area contributed by atoms with E-state index in [0.717, 1.165) is 35.4 Å².